The molecule has 0 bridgehead atoms. The number of hydrogen-bond donors (Lipinski definition) is 0. The fourth-order valence-electron chi connectivity index (χ4n) is 4.80. The largest absolute Gasteiger partial charge is 0.535 e. The molecule has 3 aromatic rings. The fourth-order valence-corrected chi connectivity index (χ4v) is 6.46. The van der Waals surface area contributed by atoms with Gasteiger partial charge < -0.3 is 37.5 Å². The number of phosphoric acid groups is 1. The summed E-state index contributed by atoms with van der Waals surface area (Å²) in [5, 5.41) is 0. The molecule has 2 aliphatic heterocycles. The Labute approximate surface area is 296 Å². The molecule has 276 valence electrons. The number of hydrogen-bond acceptors (Lipinski definition) is 18. The summed E-state index contributed by atoms with van der Waals surface area (Å²) in [5.41, 5.74) is -0.00880. The number of benzene rings is 3. The van der Waals surface area contributed by atoms with E-state index in [2.05, 4.69) is 0 Å². The molecule has 2 aliphatic rings. The Balaban J connectivity index is 1.51. The molecule has 52 heavy (non-hydrogen) atoms. The summed E-state index contributed by atoms with van der Waals surface area (Å²) >= 11 is 0. The second-order valence-electron chi connectivity index (χ2n) is 10.4. The summed E-state index contributed by atoms with van der Waals surface area (Å²) in [6.07, 6.45) is 0. The van der Waals surface area contributed by atoms with Crippen LogP contribution in [0.3, 0.4) is 0 Å². The Morgan fingerprint density at radius 2 is 1.17 bits per heavy atom. The Bertz CT molecular complexity index is 1870. The van der Waals surface area contributed by atoms with E-state index < -0.39 is 79.0 Å². The number of esters is 5. The first-order chi connectivity index (χ1) is 24.8. The molecule has 0 N–H and O–H groups in total. The summed E-state index contributed by atoms with van der Waals surface area (Å²) in [6.45, 7) is 1.84. The van der Waals surface area contributed by atoms with Crippen molar-refractivity contribution in [2.45, 2.75) is 33.3 Å². The van der Waals surface area contributed by atoms with Gasteiger partial charge in [0.2, 0.25) is 27.2 Å². The van der Waals surface area contributed by atoms with Gasteiger partial charge in [-0.2, -0.15) is 0 Å². The minimum absolute atomic E-state index is 0.0673. The minimum atomic E-state index is -4.61. The molecule has 0 saturated carbocycles. The van der Waals surface area contributed by atoms with Crippen LogP contribution in [0.5, 0.6) is 23.0 Å². The van der Waals surface area contributed by atoms with Gasteiger partial charge in [-0.15, -0.1) is 0 Å². The molecule has 0 amide bonds. The van der Waals surface area contributed by atoms with E-state index in [-0.39, 0.29) is 23.0 Å². The second kappa shape index (κ2) is 16.5. The van der Waals surface area contributed by atoms with Gasteiger partial charge in [-0.05, 0) is 30.3 Å². The van der Waals surface area contributed by atoms with Gasteiger partial charge in [0.05, 0.1) is 5.56 Å². The quantitative estimate of drug-likeness (QED) is 0.0762. The van der Waals surface area contributed by atoms with Gasteiger partial charge in [0, 0.05) is 56.5 Å². The second-order valence-corrected chi connectivity index (χ2v) is 13.2. The highest BCUT2D eigenvalue weighted by molar-refractivity contribution is 7.48. The highest BCUT2D eigenvalue weighted by atomic mass is 31.2. The Morgan fingerprint density at radius 3 is 1.73 bits per heavy atom. The van der Waals surface area contributed by atoms with Crippen LogP contribution < -0.4 is 13.8 Å². The van der Waals surface area contributed by atoms with Crippen LogP contribution in [0.4, 0.5) is 0 Å². The zero-order valence-corrected chi connectivity index (χ0v) is 29.6. The third kappa shape index (κ3) is 9.03. The lowest BCUT2D eigenvalue weighted by atomic mass is 9.77. The molecule has 1 atom stereocenters. The van der Waals surface area contributed by atoms with Crippen LogP contribution in [0.1, 0.15) is 54.7 Å². The van der Waals surface area contributed by atoms with E-state index in [1.54, 1.807) is 30.3 Å². The molecule has 0 aromatic heterocycles. The monoisotopic (exact) mass is 764 g/mol. The van der Waals surface area contributed by atoms with E-state index in [1.807, 2.05) is 0 Å². The number of rotatable bonds is 16. The van der Waals surface area contributed by atoms with Gasteiger partial charge in [0.1, 0.15) is 23.0 Å². The van der Waals surface area contributed by atoms with E-state index in [0.717, 1.165) is 13.8 Å². The number of phosphoric ester groups is 1. The molecule has 0 fully saturated rings. The predicted molar refractivity (Wildman–Crippen MR) is 171 cm³/mol. The first-order valence-corrected chi connectivity index (χ1v) is 17.5. The molecule has 1 unspecified atom stereocenters. The molecule has 18 nitrogen and oxygen atoms in total. The van der Waals surface area contributed by atoms with Crippen LogP contribution in [-0.4, -0.2) is 57.0 Å². The van der Waals surface area contributed by atoms with E-state index in [0.29, 0.717) is 22.3 Å². The molecule has 3 aromatic carbocycles. The van der Waals surface area contributed by atoms with Crippen molar-refractivity contribution >= 4 is 46.3 Å². The number of ether oxygens (including phenoxy) is 6. The molecule has 0 saturated heterocycles. The number of carbonyl (C=O) groups is 5. The van der Waals surface area contributed by atoms with E-state index >= 15 is 0 Å². The normalized spacial score (nSPS) is 15.4. The maximum Gasteiger partial charge on any atom is 0.535 e. The summed E-state index contributed by atoms with van der Waals surface area (Å²) in [4.78, 5) is 58.3. The number of fused-ring (bicyclic) bond motifs is 6. The van der Waals surface area contributed by atoms with Crippen molar-refractivity contribution in [2.75, 3.05) is 27.2 Å². The highest BCUT2D eigenvalue weighted by Crippen LogP contribution is 2.58. The van der Waals surface area contributed by atoms with Gasteiger partial charge in [0.15, 0.2) is 5.60 Å². The molecular formula is C32H30O18P2. The van der Waals surface area contributed by atoms with Crippen molar-refractivity contribution in [1.82, 2.24) is 0 Å². The smallest absolute Gasteiger partial charge is 0.456 e. The van der Waals surface area contributed by atoms with Gasteiger partial charge in [-0.1, -0.05) is 18.2 Å². The minimum Gasteiger partial charge on any atom is -0.456 e. The average Bonchev–Trinajstić information content (AvgIpc) is 3.36. The molecule has 0 aliphatic carbocycles. The zero-order valence-electron chi connectivity index (χ0n) is 27.8. The Morgan fingerprint density at radius 1 is 0.673 bits per heavy atom. The van der Waals surface area contributed by atoms with Crippen LogP contribution in [0.25, 0.3) is 0 Å². The molecule has 20 heteroatoms. The van der Waals surface area contributed by atoms with Gasteiger partial charge in [-0.3, -0.25) is 28.2 Å². The highest BCUT2D eigenvalue weighted by Gasteiger charge is 2.53. The summed E-state index contributed by atoms with van der Waals surface area (Å²) in [7, 11) is -6.92. The zero-order chi connectivity index (χ0) is 37.5. The summed E-state index contributed by atoms with van der Waals surface area (Å²) < 4.78 is 77.3. The molecule has 1 spiro atoms. The van der Waals surface area contributed by atoms with Crippen molar-refractivity contribution in [1.29, 1.82) is 0 Å². The maximum absolute atomic E-state index is 13.5. The maximum atomic E-state index is 13.5. The van der Waals surface area contributed by atoms with Crippen LogP contribution in [-0.2, 0) is 71.1 Å². The molecule has 5 rings (SSSR count). The van der Waals surface area contributed by atoms with Crippen LogP contribution >= 0.6 is 16.4 Å². The van der Waals surface area contributed by atoms with Gasteiger partial charge >= 0.3 is 46.3 Å². The first kappa shape index (κ1) is 38.1. The third-order valence-electron chi connectivity index (χ3n) is 6.84. The topological polar surface area (TPSA) is 213 Å². The van der Waals surface area contributed by atoms with Crippen LogP contribution in [0, 0.1) is 0 Å². The molecule has 0 radical (unpaired) electrons. The third-order valence-corrected chi connectivity index (χ3v) is 9.11. The summed E-state index contributed by atoms with van der Waals surface area (Å²) in [5.74, 6) is -3.19. The van der Waals surface area contributed by atoms with E-state index in [4.69, 9.17) is 55.6 Å². The Kier molecular flexibility index (Phi) is 12.1. The van der Waals surface area contributed by atoms with Crippen LogP contribution in [0.15, 0.2) is 60.7 Å². The SMILES string of the molecule is CC(=O)OCOP(OCOC(C)=O)Oc1ccc2c(c1)Oc1cc(OP(=O)(OCOC(C)=O)OCOC(C)=O)ccc1C21OC(=O)c2ccccc21. The van der Waals surface area contributed by atoms with Crippen molar-refractivity contribution in [3.05, 3.63) is 82.9 Å². The molecule has 2 heterocycles. The van der Waals surface area contributed by atoms with E-state index in [1.165, 1.54) is 44.2 Å². The lowest BCUT2D eigenvalue weighted by molar-refractivity contribution is -0.152. The van der Waals surface area contributed by atoms with E-state index in [9.17, 15) is 28.5 Å². The fraction of sp³-hybridized carbons (Fsp3) is 0.281. The van der Waals surface area contributed by atoms with Crippen molar-refractivity contribution in [2.24, 2.45) is 0 Å². The first-order valence-electron chi connectivity index (χ1n) is 15.0. The van der Waals surface area contributed by atoms with Crippen molar-refractivity contribution < 1.29 is 84.1 Å². The lowest BCUT2D eigenvalue weighted by Crippen LogP contribution is -2.33. The number of carbonyl (C=O) groups excluding carboxylic acids is 5. The van der Waals surface area contributed by atoms with Crippen molar-refractivity contribution in [3.63, 3.8) is 0 Å². The van der Waals surface area contributed by atoms with Gasteiger partial charge in [0.25, 0.3) is 0 Å². The van der Waals surface area contributed by atoms with Gasteiger partial charge in [-0.25, -0.2) is 18.4 Å². The lowest BCUT2D eigenvalue weighted by Gasteiger charge is -2.36. The van der Waals surface area contributed by atoms with Crippen LogP contribution in [0.2, 0.25) is 0 Å². The average molecular weight is 765 g/mol. The predicted octanol–water partition coefficient (Wildman–Crippen LogP) is 5.50. The standard InChI is InChI=1S/C32H30O18P2/c1-19(33)39-15-43-51(44-16-40-20(2)34)49-23-9-11-27-29(13-23)47-30-14-24(50-52(38,45-17-41-21(3)35)46-18-42-22(4)36)10-12-28(30)32(27)26-8-6-5-7-25(26)31(37)48-32/h5-14H,15-18H2,1-4H3. The Hall–Kier alpha value is -5.09. The van der Waals surface area contributed by atoms with Crippen molar-refractivity contribution in [3.8, 4) is 23.0 Å². The summed E-state index contributed by atoms with van der Waals surface area (Å²) in [6, 6.07) is 15.5. The molecular weight excluding hydrogens is 734 g/mol.